The summed E-state index contributed by atoms with van der Waals surface area (Å²) in [5.74, 6) is -1.45. The van der Waals surface area contributed by atoms with Gasteiger partial charge < -0.3 is 35.6 Å². The first-order valence-corrected chi connectivity index (χ1v) is 23.2. The molecule has 0 aliphatic rings. The van der Waals surface area contributed by atoms with Crippen LogP contribution in [0.2, 0.25) is 0 Å². The number of phenols is 1. The minimum Gasteiger partial charge on any atom is -0.507 e. The van der Waals surface area contributed by atoms with E-state index in [9.17, 15) is 34.2 Å². The number of phenolic OH excluding ortho intramolecular Hbond substituents is 1. The van der Waals surface area contributed by atoms with E-state index in [1.807, 2.05) is 6.08 Å². The molecule has 0 saturated carbocycles. The molecule has 0 aromatic heterocycles. The number of esters is 2. The van der Waals surface area contributed by atoms with Crippen molar-refractivity contribution in [3.05, 3.63) is 120 Å². The Kier molecular flexibility index (Phi) is 27.1. The van der Waals surface area contributed by atoms with Crippen LogP contribution < -0.4 is 20.7 Å². The Morgan fingerprint density at radius 1 is 0.705 bits per heavy atom. The molecule has 3 amide bonds. The number of benzene rings is 2. The van der Waals surface area contributed by atoms with Crippen LogP contribution in [0.5, 0.6) is 11.5 Å². The number of carbonyl (C=O) groups is 5. The van der Waals surface area contributed by atoms with Crippen molar-refractivity contribution in [2.75, 3.05) is 37.7 Å². The zero-order valence-electron chi connectivity index (χ0n) is 35.6. The second-order valence-corrected chi connectivity index (χ2v) is 17.0. The fourth-order valence-corrected chi connectivity index (χ4v) is 7.00. The number of rotatable bonds is 30. The van der Waals surface area contributed by atoms with Gasteiger partial charge in [0.2, 0.25) is 11.8 Å². The summed E-state index contributed by atoms with van der Waals surface area (Å²) in [6.07, 6.45) is 26.3. The summed E-state index contributed by atoms with van der Waals surface area (Å²) < 4.78 is 10.7. The van der Waals surface area contributed by atoms with E-state index in [2.05, 4.69) is 77.6 Å². The quantitative estimate of drug-likeness (QED) is 0.0168. The van der Waals surface area contributed by atoms with Crippen molar-refractivity contribution in [1.29, 1.82) is 0 Å². The number of carbonyl (C=O) groups excluding carboxylic acids is 5. The number of aliphatic hydroxyl groups excluding tert-OH is 1. The first-order valence-electron chi connectivity index (χ1n) is 20.7. The Labute approximate surface area is 369 Å². The molecule has 0 radical (unpaired) electrons. The van der Waals surface area contributed by atoms with Crippen LogP contribution in [0, 0.1) is 5.41 Å². The van der Waals surface area contributed by atoms with Gasteiger partial charge in [0.15, 0.2) is 0 Å². The van der Waals surface area contributed by atoms with Gasteiger partial charge in [-0.1, -0.05) is 127 Å². The van der Waals surface area contributed by atoms with Crippen molar-refractivity contribution >= 4 is 51.2 Å². The molecule has 0 fully saturated rings. The van der Waals surface area contributed by atoms with E-state index in [0.717, 1.165) is 38.5 Å². The maximum Gasteiger partial charge on any atom is 0.347 e. The topological polar surface area (TPSA) is 180 Å². The number of aromatic hydroxyl groups is 1. The van der Waals surface area contributed by atoms with Gasteiger partial charge in [0.05, 0.1) is 12.2 Å². The van der Waals surface area contributed by atoms with Crippen molar-refractivity contribution in [2.45, 2.75) is 84.7 Å². The van der Waals surface area contributed by atoms with Crippen LogP contribution in [0.1, 0.15) is 99.3 Å². The van der Waals surface area contributed by atoms with E-state index in [0.29, 0.717) is 31.0 Å². The summed E-state index contributed by atoms with van der Waals surface area (Å²) in [5.41, 5.74) is -0.861. The van der Waals surface area contributed by atoms with Crippen molar-refractivity contribution in [3.8, 4) is 11.5 Å². The van der Waals surface area contributed by atoms with Crippen LogP contribution in [0.15, 0.2) is 109 Å². The highest BCUT2D eigenvalue weighted by Gasteiger charge is 2.35. The summed E-state index contributed by atoms with van der Waals surface area (Å²) >= 11 is 0. The first kappa shape index (κ1) is 52.1. The van der Waals surface area contributed by atoms with E-state index < -0.39 is 35.3 Å². The largest absolute Gasteiger partial charge is 0.507 e. The van der Waals surface area contributed by atoms with E-state index in [1.165, 1.54) is 39.8 Å². The van der Waals surface area contributed by atoms with Crippen LogP contribution in [0.4, 0.5) is 0 Å². The molecular formula is C47H63N3O9S2. The summed E-state index contributed by atoms with van der Waals surface area (Å²) in [4.78, 5) is 62.4. The Morgan fingerprint density at radius 2 is 1.26 bits per heavy atom. The molecule has 0 bridgehead atoms. The molecule has 61 heavy (non-hydrogen) atoms. The highest BCUT2D eigenvalue weighted by Crippen LogP contribution is 2.24. The molecule has 2 rings (SSSR count). The number of allylic oxidation sites excluding steroid dienone is 10. The zero-order valence-corrected chi connectivity index (χ0v) is 37.3. The molecule has 1 atom stereocenters. The minimum atomic E-state index is -1.44. The Balaban J connectivity index is 1.50. The average molecular weight is 878 g/mol. The van der Waals surface area contributed by atoms with Crippen molar-refractivity contribution in [3.63, 3.8) is 0 Å². The van der Waals surface area contributed by atoms with Gasteiger partial charge >= 0.3 is 11.9 Å². The lowest BCUT2D eigenvalue weighted by Crippen LogP contribution is -2.47. The number of amides is 3. The molecule has 2 aromatic carbocycles. The number of hydrogen-bond donors (Lipinski definition) is 5. The monoisotopic (exact) mass is 877 g/mol. The van der Waals surface area contributed by atoms with Gasteiger partial charge in [0.1, 0.15) is 23.2 Å². The van der Waals surface area contributed by atoms with Crippen LogP contribution in [-0.2, 0) is 19.1 Å². The molecular weight excluding hydrogens is 815 g/mol. The number of para-hydroxylation sites is 2. The predicted molar refractivity (Wildman–Crippen MR) is 246 cm³/mol. The maximum atomic E-state index is 12.8. The smallest absolute Gasteiger partial charge is 0.347 e. The van der Waals surface area contributed by atoms with Gasteiger partial charge in [-0.15, -0.1) is 0 Å². The SMILES string of the molecule is CC/C=C\C/C=C\C/C=C\C/C=C\C/C=C\CCCC(=O)OCC(C)(C)[C@@H](O)C(=O)NCCC(=O)NCCSSCCNC(=O)c1ccccc1OC(=O)c1ccccc1O. The van der Waals surface area contributed by atoms with E-state index in [-0.39, 0.29) is 54.5 Å². The van der Waals surface area contributed by atoms with Gasteiger partial charge in [-0.3, -0.25) is 19.2 Å². The third kappa shape index (κ3) is 23.5. The molecule has 2 aromatic rings. The van der Waals surface area contributed by atoms with Crippen LogP contribution in [-0.4, -0.2) is 83.7 Å². The van der Waals surface area contributed by atoms with E-state index >= 15 is 0 Å². The standard InChI is InChI=1S/C47H63N3O9S2/c1-4-5-6-7-8-9-10-11-12-13-14-15-16-17-18-19-20-29-42(53)58-36-47(2,3)43(54)45(56)49-31-30-41(52)48-32-34-60-61-35-33-50-44(55)38-26-22-24-28-40(38)59-46(57)37-25-21-23-27-39(37)51/h5-6,8-9,11-12,14-15,17-18,21-28,43,51,54H,4,7,10,13,16,19-20,29-36H2,1-3H3,(H,48,52)(H,49,56)(H,50,55)/b6-5-,9-8-,12-11-,15-14-,18-17-/t43-/m0/s1. The molecule has 5 N–H and O–H groups in total. The number of nitrogens with one attached hydrogen (secondary N) is 3. The molecule has 0 aliphatic heterocycles. The number of unbranched alkanes of at least 4 members (excludes halogenated alkanes) is 1. The minimum absolute atomic E-state index is 0.0126. The second kappa shape index (κ2) is 31.8. The summed E-state index contributed by atoms with van der Waals surface area (Å²) in [7, 11) is 3.03. The average Bonchev–Trinajstić information content (AvgIpc) is 3.24. The molecule has 0 aliphatic carbocycles. The van der Waals surface area contributed by atoms with Crippen molar-refractivity contribution in [2.24, 2.45) is 5.41 Å². The van der Waals surface area contributed by atoms with Gasteiger partial charge in [0.25, 0.3) is 5.91 Å². The highest BCUT2D eigenvalue weighted by molar-refractivity contribution is 8.76. The Bertz CT molecular complexity index is 1810. The lowest BCUT2D eigenvalue weighted by molar-refractivity contribution is -0.153. The molecule has 0 unspecified atom stereocenters. The van der Waals surface area contributed by atoms with Gasteiger partial charge in [-0.2, -0.15) is 0 Å². The third-order valence-electron chi connectivity index (χ3n) is 8.67. The number of hydrogen-bond acceptors (Lipinski definition) is 11. The van der Waals surface area contributed by atoms with Crippen LogP contribution >= 0.6 is 21.6 Å². The molecule has 332 valence electrons. The van der Waals surface area contributed by atoms with Gasteiger partial charge in [0, 0.05) is 49.4 Å². The fraction of sp³-hybridized carbons (Fsp3) is 0.426. The van der Waals surface area contributed by atoms with Gasteiger partial charge in [-0.25, -0.2) is 4.79 Å². The zero-order chi connectivity index (χ0) is 44.6. The van der Waals surface area contributed by atoms with E-state index in [4.69, 9.17) is 9.47 Å². The Morgan fingerprint density at radius 3 is 1.89 bits per heavy atom. The summed E-state index contributed by atoms with van der Waals surface area (Å²) in [5, 5.41) is 28.7. The molecule has 0 saturated heterocycles. The third-order valence-corrected chi connectivity index (χ3v) is 11.1. The summed E-state index contributed by atoms with van der Waals surface area (Å²) in [6.45, 7) is 6.05. The van der Waals surface area contributed by atoms with Crippen LogP contribution in [0.3, 0.4) is 0 Å². The van der Waals surface area contributed by atoms with Gasteiger partial charge in [-0.05, 0) is 69.2 Å². The molecule has 0 spiro atoms. The highest BCUT2D eigenvalue weighted by atomic mass is 33.1. The molecule has 14 heteroatoms. The van der Waals surface area contributed by atoms with E-state index in [1.54, 1.807) is 44.2 Å². The Hall–Kier alpha value is -5.05. The first-order chi connectivity index (χ1) is 29.5. The molecule has 0 heterocycles. The second-order valence-electron chi connectivity index (χ2n) is 14.3. The summed E-state index contributed by atoms with van der Waals surface area (Å²) in [6, 6.07) is 12.3. The molecule has 12 nitrogen and oxygen atoms in total. The maximum absolute atomic E-state index is 12.8. The van der Waals surface area contributed by atoms with Crippen molar-refractivity contribution in [1.82, 2.24) is 16.0 Å². The lowest BCUT2D eigenvalue weighted by Gasteiger charge is -2.29. The lowest BCUT2D eigenvalue weighted by atomic mass is 9.87. The predicted octanol–water partition coefficient (Wildman–Crippen LogP) is 8.20. The number of aliphatic hydroxyl groups is 1. The van der Waals surface area contributed by atoms with Crippen molar-refractivity contribution < 1.29 is 43.7 Å². The normalized spacial score (nSPS) is 12.4. The number of ether oxygens (including phenoxy) is 2. The fourth-order valence-electron chi connectivity index (χ4n) is 5.19. The van der Waals surface area contributed by atoms with Crippen LogP contribution in [0.25, 0.3) is 0 Å².